The van der Waals surface area contributed by atoms with Crippen molar-refractivity contribution >= 4 is 21.9 Å². The third-order valence-electron chi connectivity index (χ3n) is 6.72. The number of rotatable bonds is 3. The summed E-state index contributed by atoms with van der Waals surface area (Å²) in [4.78, 5) is 21.4. The lowest BCUT2D eigenvalue weighted by Gasteiger charge is -2.16. The van der Waals surface area contributed by atoms with Gasteiger partial charge in [-0.2, -0.15) is 9.67 Å². The van der Waals surface area contributed by atoms with Gasteiger partial charge >= 0.3 is 5.56 Å². The number of benzene rings is 1. The highest BCUT2D eigenvalue weighted by Gasteiger charge is 2.41. The minimum Gasteiger partial charge on any atom is -0.315 e. The van der Waals surface area contributed by atoms with Crippen LogP contribution in [-0.2, 0) is 5.41 Å². The first-order valence-corrected chi connectivity index (χ1v) is 10.6. The molecule has 0 radical (unpaired) electrons. The lowest BCUT2D eigenvalue weighted by molar-refractivity contribution is -0.596. The molecule has 0 saturated heterocycles. The fourth-order valence-electron chi connectivity index (χ4n) is 4.68. The van der Waals surface area contributed by atoms with Gasteiger partial charge in [-0.25, -0.2) is 4.39 Å². The molecule has 1 saturated carbocycles. The number of nitrogens with zero attached hydrogens (tertiary/aromatic N) is 3. The number of aromatic amines is 2. The van der Waals surface area contributed by atoms with Crippen molar-refractivity contribution < 1.29 is 8.96 Å². The summed E-state index contributed by atoms with van der Waals surface area (Å²) in [6.07, 6.45) is 9.40. The summed E-state index contributed by atoms with van der Waals surface area (Å²) >= 11 is 0. The van der Waals surface area contributed by atoms with Gasteiger partial charge in [0.1, 0.15) is 16.9 Å². The topological polar surface area (TPSA) is 78.3 Å². The van der Waals surface area contributed by atoms with Crippen LogP contribution >= 0.6 is 0 Å². The monoisotopic (exact) mass is 426 g/mol. The SMILES string of the molecule is Cc1c(C2(C)CC2)cnc2c(-c3ccc(F)c4[nH]ncc34)c(-[n+]3ccccc3)c(=O)[nH]c12. The van der Waals surface area contributed by atoms with E-state index in [1.54, 1.807) is 16.8 Å². The summed E-state index contributed by atoms with van der Waals surface area (Å²) in [6, 6.07) is 8.71. The van der Waals surface area contributed by atoms with Crippen LogP contribution in [0.25, 0.3) is 38.8 Å². The number of fused-ring (bicyclic) bond motifs is 2. The van der Waals surface area contributed by atoms with Gasteiger partial charge in [0.15, 0.2) is 12.4 Å². The van der Waals surface area contributed by atoms with Gasteiger partial charge in [0.2, 0.25) is 0 Å². The van der Waals surface area contributed by atoms with Gasteiger partial charge in [-0.15, -0.1) is 0 Å². The van der Waals surface area contributed by atoms with Gasteiger partial charge in [-0.3, -0.25) is 14.9 Å². The molecule has 6 rings (SSSR count). The van der Waals surface area contributed by atoms with E-state index < -0.39 is 5.82 Å². The third kappa shape index (κ3) is 2.64. The first kappa shape index (κ1) is 18.9. The van der Waals surface area contributed by atoms with E-state index >= 15 is 0 Å². The van der Waals surface area contributed by atoms with E-state index in [1.165, 1.54) is 11.6 Å². The highest BCUT2D eigenvalue weighted by molar-refractivity contribution is 6.05. The van der Waals surface area contributed by atoms with Crippen molar-refractivity contribution in [2.24, 2.45) is 0 Å². The van der Waals surface area contributed by atoms with Crippen molar-refractivity contribution in [3.05, 3.63) is 82.4 Å². The Morgan fingerprint density at radius 1 is 1.09 bits per heavy atom. The molecule has 32 heavy (non-hydrogen) atoms. The molecule has 0 aliphatic heterocycles. The van der Waals surface area contributed by atoms with Crippen LogP contribution in [0.2, 0.25) is 0 Å². The Balaban J connectivity index is 1.78. The average Bonchev–Trinajstić information content (AvgIpc) is 3.33. The van der Waals surface area contributed by atoms with E-state index in [2.05, 4.69) is 22.1 Å². The molecular formula is C25H21FN5O+. The molecule has 0 spiro atoms. The standard InChI is InChI=1S/C25H20FN5O/c1-14-17(25(2)8-9-25)13-27-22-19(15-6-7-18(26)21-16(15)12-28-30-21)23(24(32)29-20(14)22)31-10-4-3-5-11-31/h3-7,10-13H,8-9H2,1-2H3,(H-,28,29,30,32)/p+1. The zero-order valence-corrected chi connectivity index (χ0v) is 17.7. The normalized spacial score (nSPS) is 14.8. The smallest absolute Gasteiger partial charge is 0.315 e. The lowest BCUT2D eigenvalue weighted by Crippen LogP contribution is -2.37. The molecule has 158 valence electrons. The number of halogens is 1. The molecule has 0 atom stereocenters. The van der Waals surface area contributed by atoms with Crippen LogP contribution in [0.1, 0.15) is 30.9 Å². The summed E-state index contributed by atoms with van der Waals surface area (Å²) in [6.45, 7) is 4.26. The van der Waals surface area contributed by atoms with Crippen LogP contribution in [0.4, 0.5) is 4.39 Å². The summed E-state index contributed by atoms with van der Waals surface area (Å²) in [5.74, 6) is -0.391. The number of hydrogen-bond donors (Lipinski definition) is 2. The maximum absolute atomic E-state index is 14.4. The Bertz CT molecular complexity index is 1580. The van der Waals surface area contributed by atoms with Crippen molar-refractivity contribution in [1.82, 2.24) is 20.2 Å². The number of aromatic nitrogens is 5. The zero-order valence-electron chi connectivity index (χ0n) is 17.7. The van der Waals surface area contributed by atoms with Gasteiger partial charge in [0, 0.05) is 29.3 Å². The highest BCUT2D eigenvalue weighted by atomic mass is 19.1. The van der Waals surface area contributed by atoms with Crippen molar-refractivity contribution in [1.29, 1.82) is 0 Å². The predicted octanol–water partition coefficient (Wildman–Crippen LogP) is 4.24. The highest BCUT2D eigenvalue weighted by Crippen LogP contribution is 2.49. The minimum atomic E-state index is -0.391. The Labute approximate surface area is 182 Å². The first-order chi connectivity index (χ1) is 15.5. The van der Waals surface area contributed by atoms with Gasteiger partial charge in [0.05, 0.1) is 17.3 Å². The molecular weight excluding hydrogens is 405 g/mol. The largest absolute Gasteiger partial charge is 0.321 e. The van der Waals surface area contributed by atoms with Crippen molar-refractivity contribution in [2.45, 2.75) is 32.1 Å². The van der Waals surface area contributed by atoms with E-state index in [0.29, 0.717) is 33.2 Å². The molecule has 4 aromatic heterocycles. The van der Waals surface area contributed by atoms with Gasteiger partial charge < -0.3 is 4.98 Å². The average molecular weight is 426 g/mol. The second kappa shape index (κ2) is 6.56. The molecule has 5 aromatic rings. The predicted molar refractivity (Wildman–Crippen MR) is 120 cm³/mol. The van der Waals surface area contributed by atoms with E-state index in [4.69, 9.17) is 4.98 Å². The number of aryl methyl sites for hydroxylation is 1. The molecule has 4 heterocycles. The Kier molecular flexibility index (Phi) is 3.87. The first-order valence-electron chi connectivity index (χ1n) is 10.6. The van der Waals surface area contributed by atoms with E-state index in [-0.39, 0.29) is 11.0 Å². The summed E-state index contributed by atoms with van der Waals surface area (Å²) in [7, 11) is 0. The van der Waals surface area contributed by atoms with Crippen molar-refractivity contribution in [3.63, 3.8) is 0 Å². The fourth-order valence-corrected chi connectivity index (χ4v) is 4.68. The summed E-state index contributed by atoms with van der Waals surface area (Å²) in [5, 5.41) is 7.38. The molecule has 0 bridgehead atoms. The molecule has 2 N–H and O–H groups in total. The van der Waals surface area contributed by atoms with Crippen LogP contribution in [-0.4, -0.2) is 20.2 Å². The molecule has 1 aliphatic carbocycles. The molecule has 1 aliphatic rings. The number of hydrogen-bond acceptors (Lipinski definition) is 3. The molecule has 0 unspecified atom stereocenters. The Morgan fingerprint density at radius 3 is 2.62 bits per heavy atom. The second-order valence-corrected chi connectivity index (χ2v) is 8.80. The van der Waals surface area contributed by atoms with Gasteiger partial charge in [0.25, 0.3) is 5.69 Å². The van der Waals surface area contributed by atoms with E-state index in [1.807, 2.05) is 43.7 Å². The molecule has 6 nitrogen and oxygen atoms in total. The van der Waals surface area contributed by atoms with Crippen molar-refractivity contribution in [2.75, 3.05) is 0 Å². The zero-order chi connectivity index (χ0) is 22.0. The lowest BCUT2D eigenvalue weighted by atomic mass is 9.92. The van der Waals surface area contributed by atoms with E-state index in [0.717, 1.165) is 23.9 Å². The molecule has 0 amide bonds. The van der Waals surface area contributed by atoms with Crippen LogP contribution < -0.4 is 10.1 Å². The second-order valence-electron chi connectivity index (χ2n) is 8.80. The van der Waals surface area contributed by atoms with Crippen molar-refractivity contribution in [3.8, 4) is 16.8 Å². The van der Waals surface area contributed by atoms with Gasteiger partial charge in [-0.05, 0) is 42.4 Å². The maximum atomic E-state index is 14.4. The fraction of sp³-hybridized carbons (Fsp3) is 0.200. The number of nitrogens with one attached hydrogen (secondary N) is 2. The Hall–Kier alpha value is -3.87. The van der Waals surface area contributed by atoms with E-state index in [9.17, 15) is 9.18 Å². The van der Waals surface area contributed by atoms with Crippen LogP contribution in [0.5, 0.6) is 0 Å². The third-order valence-corrected chi connectivity index (χ3v) is 6.72. The molecule has 7 heteroatoms. The molecule has 1 aromatic carbocycles. The van der Waals surface area contributed by atoms with Crippen LogP contribution in [0.3, 0.4) is 0 Å². The maximum Gasteiger partial charge on any atom is 0.321 e. The molecule has 1 fully saturated rings. The van der Waals surface area contributed by atoms with Crippen LogP contribution in [0, 0.1) is 12.7 Å². The quantitative estimate of drug-likeness (QED) is 0.424. The van der Waals surface area contributed by atoms with Crippen LogP contribution in [0.15, 0.2) is 59.9 Å². The number of H-pyrrole nitrogens is 2. The van der Waals surface area contributed by atoms with Gasteiger partial charge in [-0.1, -0.05) is 19.1 Å². The summed E-state index contributed by atoms with van der Waals surface area (Å²) in [5.41, 5.74) is 5.58. The number of pyridine rings is 3. The summed E-state index contributed by atoms with van der Waals surface area (Å²) < 4.78 is 16.2. The minimum absolute atomic E-state index is 0.114. The Morgan fingerprint density at radius 2 is 1.88 bits per heavy atom.